The summed E-state index contributed by atoms with van der Waals surface area (Å²) in [6.07, 6.45) is 0. The molecule has 0 saturated heterocycles. The molecule has 0 amide bonds. The molecule has 1 aliphatic rings. The van der Waals surface area contributed by atoms with Crippen molar-refractivity contribution in [1.82, 2.24) is 0 Å². The Bertz CT molecular complexity index is 502. The Morgan fingerprint density at radius 3 is 2.37 bits per heavy atom. The van der Waals surface area contributed by atoms with E-state index in [9.17, 15) is 4.79 Å². The van der Waals surface area contributed by atoms with Gasteiger partial charge >= 0.3 is 5.97 Å². The lowest BCUT2D eigenvalue weighted by Crippen LogP contribution is -2.21. The van der Waals surface area contributed by atoms with Gasteiger partial charge in [-0.25, -0.2) is 0 Å². The fourth-order valence-electron chi connectivity index (χ4n) is 2.57. The zero-order valence-corrected chi connectivity index (χ0v) is 12.2. The van der Waals surface area contributed by atoms with Crippen molar-refractivity contribution in [2.45, 2.75) is 17.7 Å². The molecule has 1 fully saturated rings. The van der Waals surface area contributed by atoms with Gasteiger partial charge in [0.25, 0.3) is 0 Å². The van der Waals surface area contributed by atoms with Crippen molar-refractivity contribution >= 4 is 17.6 Å². The summed E-state index contributed by atoms with van der Waals surface area (Å²) >= 11 is 6.37. The highest BCUT2D eigenvalue weighted by atomic mass is 35.5. The number of carbonyl (C=O) groups excluding carboxylic acids is 1. The quantitative estimate of drug-likeness (QED) is 0.630. The first-order valence-corrected chi connectivity index (χ1v) is 6.37. The van der Waals surface area contributed by atoms with Gasteiger partial charge in [0.05, 0.1) is 21.3 Å². The van der Waals surface area contributed by atoms with Crippen molar-refractivity contribution in [2.24, 2.45) is 5.92 Å². The fourth-order valence-corrected chi connectivity index (χ4v) is 3.02. The molecular formula is C14H17ClO4. The molecular weight excluding hydrogens is 268 g/mol. The number of ether oxygens (including phenoxy) is 3. The number of hydrogen-bond acceptors (Lipinski definition) is 4. The van der Waals surface area contributed by atoms with Gasteiger partial charge in [0.2, 0.25) is 0 Å². The lowest BCUT2D eigenvalue weighted by atomic mass is 10.1. The molecule has 0 N–H and O–H groups in total. The molecule has 0 radical (unpaired) electrons. The van der Waals surface area contributed by atoms with Crippen LogP contribution < -0.4 is 9.47 Å². The zero-order chi connectivity index (χ0) is 14.2. The summed E-state index contributed by atoms with van der Waals surface area (Å²) in [5.74, 6) is 0.850. The molecule has 1 unspecified atom stereocenters. The zero-order valence-electron chi connectivity index (χ0n) is 11.4. The van der Waals surface area contributed by atoms with Gasteiger partial charge in [-0.3, -0.25) is 4.79 Å². The molecule has 1 aromatic rings. The van der Waals surface area contributed by atoms with E-state index in [1.54, 1.807) is 14.2 Å². The van der Waals surface area contributed by atoms with Gasteiger partial charge in [-0.1, -0.05) is 13.0 Å². The standard InChI is InChI=1S/C14H17ClO4/c1-8-12(14(8,15)13(16)19-4)9-5-6-10(17-2)11(7-9)18-3/h5-8,12H,1-4H3/t8-,12+,14?/m0/s1. The second-order valence-electron chi connectivity index (χ2n) is 4.64. The lowest BCUT2D eigenvalue weighted by Gasteiger charge is -2.10. The van der Waals surface area contributed by atoms with Crippen LogP contribution in [-0.4, -0.2) is 32.2 Å². The molecule has 4 nitrogen and oxygen atoms in total. The van der Waals surface area contributed by atoms with Crippen molar-refractivity contribution < 1.29 is 19.0 Å². The third-order valence-electron chi connectivity index (χ3n) is 3.77. The molecule has 104 valence electrons. The van der Waals surface area contributed by atoms with Gasteiger partial charge in [-0.15, -0.1) is 11.6 Å². The third kappa shape index (κ3) is 2.04. The van der Waals surface area contributed by atoms with Crippen LogP contribution in [0.15, 0.2) is 18.2 Å². The first kappa shape index (κ1) is 14.0. The first-order chi connectivity index (χ1) is 9.00. The van der Waals surface area contributed by atoms with Crippen LogP contribution in [0.1, 0.15) is 18.4 Å². The Labute approximate surface area is 117 Å². The average molecular weight is 285 g/mol. The Kier molecular flexibility index (Phi) is 3.63. The molecule has 1 saturated carbocycles. The minimum absolute atomic E-state index is 0.0275. The van der Waals surface area contributed by atoms with E-state index in [1.165, 1.54) is 7.11 Å². The van der Waals surface area contributed by atoms with Crippen LogP contribution in [0.25, 0.3) is 0 Å². The van der Waals surface area contributed by atoms with Crippen molar-refractivity contribution in [3.63, 3.8) is 0 Å². The number of carbonyl (C=O) groups is 1. The largest absolute Gasteiger partial charge is 0.493 e. The summed E-state index contributed by atoms with van der Waals surface area (Å²) in [6.45, 7) is 1.94. The second-order valence-corrected chi connectivity index (χ2v) is 5.27. The van der Waals surface area contributed by atoms with E-state index >= 15 is 0 Å². The number of methoxy groups -OCH3 is 3. The Morgan fingerprint density at radius 1 is 1.21 bits per heavy atom. The number of esters is 1. The summed E-state index contributed by atoms with van der Waals surface area (Å²) in [5.41, 5.74) is 0.950. The summed E-state index contributed by atoms with van der Waals surface area (Å²) in [6, 6.07) is 5.57. The lowest BCUT2D eigenvalue weighted by molar-refractivity contribution is -0.141. The highest BCUT2D eigenvalue weighted by Gasteiger charge is 2.68. The average Bonchev–Trinajstić information content (AvgIpc) is 3.00. The van der Waals surface area contributed by atoms with Crippen LogP contribution in [0.4, 0.5) is 0 Å². The highest BCUT2D eigenvalue weighted by Crippen LogP contribution is 2.62. The van der Waals surface area contributed by atoms with E-state index in [1.807, 2.05) is 25.1 Å². The van der Waals surface area contributed by atoms with Crippen molar-refractivity contribution in [1.29, 1.82) is 0 Å². The van der Waals surface area contributed by atoms with Gasteiger partial charge in [0, 0.05) is 5.92 Å². The molecule has 2 rings (SSSR count). The van der Waals surface area contributed by atoms with Gasteiger partial charge in [-0.05, 0) is 23.6 Å². The fraction of sp³-hybridized carbons (Fsp3) is 0.500. The molecule has 1 aromatic carbocycles. The maximum Gasteiger partial charge on any atom is 0.327 e. The van der Waals surface area contributed by atoms with E-state index < -0.39 is 4.87 Å². The van der Waals surface area contributed by atoms with Crippen LogP contribution in [0, 0.1) is 5.92 Å². The predicted octanol–water partition coefficient (Wildman–Crippen LogP) is 2.59. The van der Waals surface area contributed by atoms with Gasteiger partial charge in [0.1, 0.15) is 0 Å². The van der Waals surface area contributed by atoms with Gasteiger partial charge in [-0.2, -0.15) is 0 Å². The van der Waals surface area contributed by atoms with Crippen molar-refractivity contribution in [3.8, 4) is 11.5 Å². The molecule has 1 aliphatic carbocycles. The molecule has 19 heavy (non-hydrogen) atoms. The first-order valence-electron chi connectivity index (χ1n) is 5.99. The number of hydrogen-bond donors (Lipinski definition) is 0. The number of benzene rings is 1. The normalized spacial score (nSPS) is 28.7. The monoisotopic (exact) mass is 284 g/mol. The summed E-state index contributed by atoms with van der Waals surface area (Å²) in [4.78, 5) is 10.8. The van der Waals surface area contributed by atoms with E-state index in [-0.39, 0.29) is 17.8 Å². The topological polar surface area (TPSA) is 44.8 Å². The van der Waals surface area contributed by atoms with Crippen LogP contribution in [0.2, 0.25) is 0 Å². The molecule has 0 bridgehead atoms. The van der Waals surface area contributed by atoms with Crippen molar-refractivity contribution in [3.05, 3.63) is 23.8 Å². The van der Waals surface area contributed by atoms with E-state index in [0.717, 1.165) is 5.56 Å². The molecule has 0 aromatic heterocycles. The summed E-state index contributed by atoms with van der Waals surface area (Å²) < 4.78 is 15.2. The minimum atomic E-state index is -0.964. The third-order valence-corrected chi connectivity index (χ3v) is 4.50. The van der Waals surface area contributed by atoms with E-state index in [2.05, 4.69) is 0 Å². The number of halogens is 1. The SMILES string of the molecule is COC(=O)C1(Cl)[C@@H](C)[C@@H]1c1ccc(OC)c(OC)c1. The minimum Gasteiger partial charge on any atom is -0.493 e. The Hall–Kier alpha value is -1.42. The maximum atomic E-state index is 11.8. The molecule has 0 heterocycles. The Balaban J connectivity index is 2.32. The van der Waals surface area contributed by atoms with Crippen LogP contribution in [0.5, 0.6) is 11.5 Å². The van der Waals surface area contributed by atoms with E-state index in [0.29, 0.717) is 11.5 Å². The summed E-state index contributed by atoms with van der Waals surface area (Å²) in [7, 11) is 4.51. The molecule has 0 aliphatic heterocycles. The number of rotatable bonds is 4. The maximum absolute atomic E-state index is 11.8. The summed E-state index contributed by atoms with van der Waals surface area (Å²) in [5, 5.41) is 0. The second kappa shape index (κ2) is 4.93. The van der Waals surface area contributed by atoms with Crippen LogP contribution >= 0.6 is 11.6 Å². The molecule has 5 heteroatoms. The molecule has 3 atom stereocenters. The number of alkyl halides is 1. The van der Waals surface area contributed by atoms with Gasteiger partial charge < -0.3 is 14.2 Å². The highest BCUT2D eigenvalue weighted by molar-refractivity contribution is 6.37. The Morgan fingerprint density at radius 2 is 1.84 bits per heavy atom. The van der Waals surface area contributed by atoms with E-state index in [4.69, 9.17) is 25.8 Å². The van der Waals surface area contributed by atoms with Crippen LogP contribution in [0.3, 0.4) is 0 Å². The predicted molar refractivity (Wildman–Crippen MR) is 72.1 cm³/mol. The van der Waals surface area contributed by atoms with Crippen molar-refractivity contribution in [2.75, 3.05) is 21.3 Å². The van der Waals surface area contributed by atoms with Gasteiger partial charge in [0.15, 0.2) is 16.4 Å². The van der Waals surface area contributed by atoms with Crippen LogP contribution in [-0.2, 0) is 9.53 Å². The molecule has 0 spiro atoms. The smallest absolute Gasteiger partial charge is 0.327 e.